The lowest BCUT2D eigenvalue weighted by atomic mass is 9.74. The summed E-state index contributed by atoms with van der Waals surface area (Å²) in [4.78, 5) is 12.2. The minimum Gasteiger partial charge on any atom is -0.393 e. The van der Waals surface area contributed by atoms with Gasteiger partial charge in [-0.15, -0.1) is 0 Å². The number of aliphatic hydroxyl groups is 1. The van der Waals surface area contributed by atoms with Crippen molar-refractivity contribution in [2.24, 2.45) is 5.92 Å². The first kappa shape index (κ1) is 22.0. The van der Waals surface area contributed by atoms with E-state index in [1.165, 1.54) is 5.56 Å². The number of carbonyl (C=O) groups excluding carboxylic acids is 1. The Morgan fingerprint density at radius 3 is 2.45 bits per heavy atom. The van der Waals surface area contributed by atoms with Crippen molar-refractivity contribution in [3.63, 3.8) is 0 Å². The van der Waals surface area contributed by atoms with E-state index in [4.69, 9.17) is 4.74 Å². The molecule has 1 amide bonds. The molecule has 1 aliphatic carbocycles. The van der Waals surface area contributed by atoms with E-state index in [1.54, 1.807) is 7.05 Å². The number of rotatable bonds is 6. The molecule has 1 saturated carbocycles. The molecule has 166 valence electrons. The van der Waals surface area contributed by atoms with Crippen LogP contribution in [0.5, 0.6) is 0 Å². The zero-order chi connectivity index (χ0) is 21.7. The molecule has 1 aliphatic heterocycles. The normalized spacial score (nSPS) is 30.8. The molecule has 0 unspecified atom stereocenters. The Bertz CT molecular complexity index is 844. The number of fused-ring (bicyclic) bond motifs is 1. The minimum absolute atomic E-state index is 0.0138. The summed E-state index contributed by atoms with van der Waals surface area (Å²) in [6, 6.07) is 20.7. The number of ether oxygens (including phenoxy) is 1. The van der Waals surface area contributed by atoms with E-state index in [1.807, 2.05) is 24.3 Å². The quantitative estimate of drug-likeness (QED) is 0.668. The molecule has 4 rings (SSSR count). The number of carbonyl (C=O) groups is 1. The average molecular weight is 423 g/mol. The van der Waals surface area contributed by atoms with E-state index in [0.29, 0.717) is 19.5 Å². The van der Waals surface area contributed by atoms with E-state index >= 15 is 0 Å². The predicted molar refractivity (Wildman–Crippen MR) is 122 cm³/mol. The van der Waals surface area contributed by atoms with Crippen LogP contribution in [0.3, 0.4) is 0 Å². The summed E-state index contributed by atoms with van der Waals surface area (Å²) in [5, 5.41) is 17.1. The van der Waals surface area contributed by atoms with Gasteiger partial charge >= 0.3 is 0 Å². The Balaban J connectivity index is 1.54. The highest BCUT2D eigenvalue weighted by molar-refractivity contribution is 5.78. The number of likely N-dealkylation sites (N-methyl/N-ethyl adjacent to an activating group) is 1. The van der Waals surface area contributed by atoms with Crippen molar-refractivity contribution < 1.29 is 14.6 Å². The molecule has 5 heteroatoms. The standard InChI is InChI=1S/C26H34N2O3/c1-27-17-25(30)28-18-26(20-10-6-3-7-11-20)14-12-21-22(29)16-24(31-23(21)13-15-26)19-8-4-2-5-9-19/h2-11,21-24,27,29H,12-18H2,1H3,(H,28,30)/t21-,22+,23+,24+,26+/m1/s1. The van der Waals surface area contributed by atoms with Crippen LogP contribution in [0.15, 0.2) is 60.7 Å². The molecule has 2 aliphatic rings. The van der Waals surface area contributed by atoms with Crippen molar-refractivity contribution in [1.82, 2.24) is 10.6 Å². The maximum Gasteiger partial charge on any atom is 0.233 e. The van der Waals surface area contributed by atoms with Gasteiger partial charge in [0.05, 0.1) is 24.9 Å². The molecule has 1 heterocycles. The molecule has 0 aromatic heterocycles. The Morgan fingerprint density at radius 2 is 1.74 bits per heavy atom. The molecule has 1 saturated heterocycles. The van der Waals surface area contributed by atoms with Crippen molar-refractivity contribution in [2.75, 3.05) is 20.1 Å². The van der Waals surface area contributed by atoms with E-state index in [9.17, 15) is 9.90 Å². The van der Waals surface area contributed by atoms with Crippen molar-refractivity contribution in [1.29, 1.82) is 0 Å². The van der Waals surface area contributed by atoms with Gasteiger partial charge in [0.25, 0.3) is 0 Å². The Hall–Kier alpha value is -2.21. The average Bonchev–Trinajstić information content (AvgIpc) is 3.00. The van der Waals surface area contributed by atoms with Gasteiger partial charge in [-0.25, -0.2) is 0 Å². The first-order chi connectivity index (χ1) is 15.1. The second-order valence-corrected chi connectivity index (χ2v) is 9.07. The molecule has 5 atom stereocenters. The fraction of sp³-hybridized carbons (Fsp3) is 0.500. The molecule has 2 fully saturated rings. The summed E-state index contributed by atoms with van der Waals surface area (Å²) < 4.78 is 6.56. The van der Waals surface area contributed by atoms with Gasteiger partial charge in [0.1, 0.15) is 0 Å². The first-order valence-electron chi connectivity index (χ1n) is 11.5. The first-order valence-corrected chi connectivity index (χ1v) is 11.5. The minimum atomic E-state index is -0.366. The van der Waals surface area contributed by atoms with Gasteiger partial charge in [-0.1, -0.05) is 60.7 Å². The van der Waals surface area contributed by atoms with Crippen molar-refractivity contribution in [3.05, 3.63) is 71.8 Å². The number of amides is 1. The molecule has 3 N–H and O–H groups in total. The van der Waals surface area contributed by atoms with Crippen LogP contribution in [-0.4, -0.2) is 43.4 Å². The van der Waals surface area contributed by atoms with E-state index < -0.39 is 0 Å². The summed E-state index contributed by atoms with van der Waals surface area (Å²) in [5.41, 5.74) is 2.25. The second-order valence-electron chi connectivity index (χ2n) is 9.07. The van der Waals surface area contributed by atoms with Gasteiger partial charge in [-0.05, 0) is 43.9 Å². The number of benzene rings is 2. The molecule has 5 nitrogen and oxygen atoms in total. The van der Waals surface area contributed by atoms with Gasteiger partial charge in [0.15, 0.2) is 0 Å². The second kappa shape index (κ2) is 9.94. The van der Waals surface area contributed by atoms with Crippen LogP contribution >= 0.6 is 0 Å². The molecule has 2 aromatic rings. The van der Waals surface area contributed by atoms with Gasteiger partial charge < -0.3 is 20.5 Å². The Kier molecular flexibility index (Phi) is 7.06. The van der Waals surface area contributed by atoms with Crippen LogP contribution in [0.1, 0.15) is 49.3 Å². The summed E-state index contributed by atoms with van der Waals surface area (Å²) >= 11 is 0. The lowest BCUT2D eigenvalue weighted by Gasteiger charge is -2.39. The zero-order valence-electron chi connectivity index (χ0n) is 18.3. The number of nitrogens with one attached hydrogen (secondary N) is 2. The Labute approximate surface area is 185 Å². The third-order valence-electron chi connectivity index (χ3n) is 7.15. The fourth-order valence-electron chi connectivity index (χ4n) is 5.39. The van der Waals surface area contributed by atoms with Gasteiger partial charge in [-0.2, -0.15) is 0 Å². The van der Waals surface area contributed by atoms with Crippen LogP contribution in [0.25, 0.3) is 0 Å². The van der Waals surface area contributed by atoms with Crippen LogP contribution in [0, 0.1) is 5.92 Å². The molecule has 31 heavy (non-hydrogen) atoms. The molecule has 0 spiro atoms. The lowest BCUT2D eigenvalue weighted by Crippen LogP contribution is -2.43. The summed E-state index contributed by atoms with van der Waals surface area (Å²) in [6.07, 6.45) is 3.87. The van der Waals surface area contributed by atoms with Crippen LogP contribution < -0.4 is 10.6 Å². The monoisotopic (exact) mass is 422 g/mol. The number of aliphatic hydroxyl groups excluding tert-OH is 1. The summed E-state index contributed by atoms with van der Waals surface area (Å²) in [7, 11) is 1.78. The number of hydrogen-bond acceptors (Lipinski definition) is 4. The lowest BCUT2D eigenvalue weighted by molar-refractivity contribution is -0.139. The molecular weight excluding hydrogens is 388 g/mol. The summed E-state index contributed by atoms with van der Waals surface area (Å²) in [6.45, 7) is 0.922. The van der Waals surface area contributed by atoms with Gasteiger partial charge in [0, 0.05) is 24.3 Å². The van der Waals surface area contributed by atoms with Crippen molar-refractivity contribution in [2.45, 2.75) is 55.8 Å². The van der Waals surface area contributed by atoms with Crippen molar-refractivity contribution >= 4 is 5.91 Å². The third kappa shape index (κ3) is 5.00. The molecular formula is C26H34N2O3. The smallest absolute Gasteiger partial charge is 0.233 e. The van der Waals surface area contributed by atoms with Crippen molar-refractivity contribution in [3.8, 4) is 0 Å². The molecule has 2 aromatic carbocycles. The summed E-state index contributed by atoms with van der Waals surface area (Å²) in [5.74, 6) is 0.151. The van der Waals surface area contributed by atoms with E-state index in [0.717, 1.165) is 31.2 Å². The maximum atomic E-state index is 12.2. The SMILES string of the molecule is CNCC(=O)NC[C@]1(c2ccccc2)CC[C@H]2[C@H](CC1)O[C@H](c1ccccc1)C[C@@H]2O. The topological polar surface area (TPSA) is 70.6 Å². The molecule has 0 bridgehead atoms. The largest absolute Gasteiger partial charge is 0.393 e. The van der Waals surface area contributed by atoms with E-state index in [-0.39, 0.29) is 35.6 Å². The Morgan fingerprint density at radius 1 is 1.06 bits per heavy atom. The van der Waals surface area contributed by atoms with Crippen LogP contribution in [0.4, 0.5) is 0 Å². The maximum absolute atomic E-state index is 12.2. The highest BCUT2D eigenvalue weighted by atomic mass is 16.5. The zero-order valence-corrected chi connectivity index (χ0v) is 18.3. The predicted octanol–water partition coefficient (Wildman–Crippen LogP) is 3.34. The highest BCUT2D eigenvalue weighted by Crippen LogP contribution is 2.46. The van der Waals surface area contributed by atoms with E-state index in [2.05, 4.69) is 47.0 Å². The number of hydrogen-bond donors (Lipinski definition) is 3. The van der Waals surface area contributed by atoms with Crippen LogP contribution in [-0.2, 0) is 14.9 Å². The molecule has 0 radical (unpaired) electrons. The van der Waals surface area contributed by atoms with Gasteiger partial charge in [-0.3, -0.25) is 4.79 Å². The van der Waals surface area contributed by atoms with Crippen LogP contribution in [0.2, 0.25) is 0 Å². The van der Waals surface area contributed by atoms with Gasteiger partial charge in [0.2, 0.25) is 5.91 Å². The third-order valence-corrected chi connectivity index (χ3v) is 7.15. The fourth-order valence-corrected chi connectivity index (χ4v) is 5.39. The highest BCUT2D eigenvalue weighted by Gasteiger charge is 2.44.